The molecule has 1 heterocycles. The third-order valence-electron chi connectivity index (χ3n) is 3.56. The number of benzene rings is 1. The maximum Gasteiger partial charge on any atom is 0.414 e. The molecule has 1 aliphatic rings. The molecule has 0 spiro atoms. The van der Waals surface area contributed by atoms with E-state index in [1.54, 1.807) is 18.9 Å². The van der Waals surface area contributed by atoms with Crippen LogP contribution in [0.1, 0.15) is 25.3 Å². The Hall–Kier alpha value is -1.59. The van der Waals surface area contributed by atoms with E-state index >= 15 is 0 Å². The Kier molecular flexibility index (Phi) is 5.59. The molecule has 2 rings (SSSR count). The average Bonchev–Trinajstić information content (AvgIpc) is 2.80. The maximum absolute atomic E-state index is 11.8. The van der Waals surface area contributed by atoms with Gasteiger partial charge in [0.2, 0.25) is 0 Å². The average molecular weight is 293 g/mol. The fourth-order valence-corrected chi connectivity index (χ4v) is 2.45. The second-order valence-electron chi connectivity index (χ2n) is 5.48. The summed E-state index contributed by atoms with van der Waals surface area (Å²) in [5, 5.41) is 9.25. The van der Waals surface area contributed by atoms with Crippen LogP contribution in [0.4, 0.5) is 10.5 Å². The minimum absolute atomic E-state index is 0.201. The van der Waals surface area contributed by atoms with Crippen LogP contribution in [-0.4, -0.2) is 43.7 Å². The van der Waals surface area contributed by atoms with E-state index in [2.05, 4.69) is 0 Å². The number of methoxy groups -OCH3 is 1. The fourth-order valence-electron chi connectivity index (χ4n) is 2.45. The van der Waals surface area contributed by atoms with Crippen LogP contribution >= 0.6 is 0 Å². The molecule has 0 bridgehead atoms. The number of hydrogen-bond donors (Lipinski definition) is 1. The van der Waals surface area contributed by atoms with Gasteiger partial charge in [-0.1, -0.05) is 12.1 Å². The number of ether oxygens (including phenoxy) is 2. The highest BCUT2D eigenvalue weighted by Crippen LogP contribution is 2.22. The quantitative estimate of drug-likeness (QED) is 0.838. The fraction of sp³-hybridized carbons (Fsp3) is 0.562. The van der Waals surface area contributed by atoms with Crippen LogP contribution in [0.25, 0.3) is 0 Å². The van der Waals surface area contributed by atoms with Crippen molar-refractivity contribution < 1.29 is 19.4 Å². The van der Waals surface area contributed by atoms with Crippen LogP contribution < -0.4 is 4.90 Å². The third kappa shape index (κ3) is 4.44. The molecule has 0 aromatic heterocycles. The zero-order chi connectivity index (χ0) is 15.2. The minimum Gasteiger partial charge on any atom is -0.441 e. The Morgan fingerprint density at radius 2 is 2.14 bits per heavy atom. The molecule has 1 N–H and O–H groups in total. The normalized spacial score (nSPS) is 19.7. The first kappa shape index (κ1) is 15.8. The molecule has 5 heteroatoms. The van der Waals surface area contributed by atoms with Gasteiger partial charge in [0.25, 0.3) is 0 Å². The van der Waals surface area contributed by atoms with Gasteiger partial charge in [0, 0.05) is 12.8 Å². The van der Waals surface area contributed by atoms with Crippen molar-refractivity contribution in [2.75, 3.05) is 25.2 Å². The SMILES string of the molecule is COC[C@H]1CN(c2ccc(CCC[C@H](C)O)cc2)C(=O)O1. The van der Waals surface area contributed by atoms with Crippen molar-refractivity contribution in [1.29, 1.82) is 0 Å². The summed E-state index contributed by atoms with van der Waals surface area (Å²) < 4.78 is 10.2. The summed E-state index contributed by atoms with van der Waals surface area (Å²) in [5.74, 6) is 0. The molecule has 1 amide bonds. The summed E-state index contributed by atoms with van der Waals surface area (Å²) in [5.41, 5.74) is 2.05. The smallest absolute Gasteiger partial charge is 0.414 e. The van der Waals surface area contributed by atoms with Gasteiger partial charge in [-0.15, -0.1) is 0 Å². The van der Waals surface area contributed by atoms with E-state index in [4.69, 9.17) is 9.47 Å². The number of nitrogens with zero attached hydrogens (tertiary/aromatic N) is 1. The third-order valence-corrected chi connectivity index (χ3v) is 3.56. The highest BCUT2D eigenvalue weighted by molar-refractivity contribution is 5.89. The van der Waals surface area contributed by atoms with E-state index in [0.717, 1.165) is 24.9 Å². The van der Waals surface area contributed by atoms with Crippen LogP contribution in [-0.2, 0) is 15.9 Å². The van der Waals surface area contributed by atoms with Crippen molar-refractivity contribution in [3.63, 3.8) is 0 Å². The Morgan fingerprint density at radius 3 is 2.76 bits per heavy atom. The second kappa shape index (κ2) is 7.43. The number of aliphatic hydroxyl groups is 1. The van der Waals surface area contributed by atoms with Crippen LogP contribution in [0.15, 0.2) is 24.3 Å². The first-order chi connectivity index (χ1) is 10.1. The molecule has 1 aromatic carbocycles. The van der Waals surface area contributed by atoms with Crippen molar-refractivity contribution in [3.05, 3.63) is 29.8 Å². The zero-order valence-electron chi connectivity index (χ0n) is 12.6. The molecule has 21 heavy (non-hydrogen) atoms. The molecular formula is C16H23NO4. The number of carbonyl (C=O) groups is 1. The predicted octanol–water partition coefficient (Wildman–Crippen LogP) is 2.36. The lowest BCUT2D eigenvalue weighted by Crippen LogP contribution is -2.25. The molecule has 0 aliphatic carbocycles. The summed E-state index contributed by atoms with van der Waals surface area (Å²) >= 11 is 0. The molecule has 116 valence electrons. The van der Waals surface area contributed by atoms with Gasteiger partial charge < -0.3 is 14.6 Å². The van der Waals surface area contributed by atoms with E-state index in [-0.39, 0.29) is 18.3 Å². The molecule has 1 fully saturated rings. The molecule has 0 unspecified atom stereocenters. The lowest BCUT2D eigenvalue weighted by atomic mass is 10.1. The van der Waals surface area contributed by atoms with E-state index in [1.807, 2.05) is 24.3 Å². The Bertz CT molecular complexity index is 458. The number of aryl methyl sites for hydroxylation is 1. The number of amides is 1. The molecule has 1 aliphatic heterocycles. The van der Waals surface area contributed by atoms with Gasteiger partial charge in [-0.2, -0.15) is 0 Å². The Labute approximate surface area is 125 Å². The van der Waals surface area contributed by atoms with Gasteiger partial charge in [-0.05, 0) is 43.9 Å². The number of carbonyl (C=O) groups excluding carboxylic acids is 1. The largest absolute Gasteiger partial charge is 0.441 e. The number of anilines is 1. The van der Waals surface area contributed by atoms with Crippen LogP contribution in [0.3, 0.4) is 0 Å². The molecule has 1 aromatic rings. The molecule has 0 saturated carbocycles. The van der Waals surface area contributed by atoms with Crippen LogP contribution in [0.5, 0.6) is 0 Å². The van der Waals surface area contributed by atoms with E-state index in [0.29, 0.717) is 13.2 Å². The predicted molar refractivity (Wildman–Crippen MR) is 80.6 cm³/mol. The van der Waals surface area contributed by atoms with Gasteiger partial charge >= 0.3 is 6.09 Å². The first-order valence-electron chi connectivity index (χ1n) is 7.34. The highest BCUT2D eigenvalue weighted by Gasteiger charge is 2.32. The van der Waals surface area contributed by atoms with Gasteiger partial charge in [-0.3, -0.25) is 4.90 Å². The van der Waals surface area contributed by atoms with Crippen LogP contribution in [0, 0.1) is 0 Å². The Balaban J connectivity index is 1.91. The molecule has 1 saturated heterocycles. The van der Waals surface area contributed by atoms with Crippen molar-refractivity contribution in [3.8, 4) is 0 Å². The van der Waals surface area contributed by atoms with Crippen molar-refractivity contribution in [2.24, 2.45) is 0 Å². The summed E-state index contributed by atoms with van der Waals surface area (Å²) in [4.78, 5) is 13.4. The maximum atomic E-state index is 11.8. The van der Waals surface area contributed by atoms with Crippen LogP contribution in [0.2, 0.25) is 0 Å². The van der Waals surface area contributed by atoms with Gasteiger partial charge in [-0.25, -0.2) is 4.79 Å². The number of cyclic esters (lactones) is 1. The Morgan fingerprint density at radius 1 is 1.43 bits per heavy atom. The minimum atomic E-state index is -0.320. The summed E-state index contributed by atoms with van der Waals surface area (Å²) in [6.45, 7) is 2.74. The van der Waals surface area contributed by atoms with E-state index in [1.165, 1.54) is 5.56 Å². The van der Waals surface area contributed by atoms with Gasteiger partial charge in [0.1, 0.15) is 6.10 Å². The lowest BCUT2D eigenvalue weighted by molar-refractivity contribution is 0.0718. The monoisotopic (exact) mass is 293 g/mol. The van der Waals surface area contributed by atoms with Crippen molar-refractivity contribution >= 4 is 11.8 Å². The highest BCUT2D eigenvalue weighted by atomic mass is 16.6. The topological polar surface area (TPSA) is 59.0 Å². The molecule has 2 atom stereocenters. The molecule has 5 nitrogen and oxygen atoms in total. The molecular weight excluding hydrogens is 270 g/mol. The van der Waals surface area contributed by atoms with Crippen molar-refractivity contribution in [2.45, 2.75) is 38.4 Å². The zero-order valence-corrected chi connectivity index (χ0v) is 12.6. The summed E-state index contributed by atoms with van der Waals surface area (Å²) in [6, 6.07) is 7.92. The van der Waals surface area contributed by atoms with Gasteiger partial charge in [0.15, 0.2) is 0 Å². The number of rotatable bonds is 7. The number of aliphatic hydroxyl groups excluding tert-OH is 1. The first-order valence-corrected chi connectivity index (χ1v) is 7.34. The second-order valence-corrected chi connectivity index (χ2v) is 5.48. The summed E-state index contributed by atoms with van der Waals surface area (Å²) in [6.07, 6.45) is 1.92. The standard InChI is InChI=1S/C16H23NO4/c1-12(18)4-3-5-13-6-8-14(9-7-13)17-10-15(11-20-2)21-16(17)19/h6-9,12,15,18H,3-5,10-11H2,1-2H3/t12-,15+/m0/s1. The number of hydrogen-bond acceptors (Lipinski definition) is 4. The lowest BCUT2D eigenvalue weighted by Gasteiger charge is -2.13. The summed E-state index contributed by atoms with van der Waals surface area (Å²) in [7, 11) is 1.60. The van der Waals surface area contributed by atoms with Gasteiger partial charge in [0.05, 0.1) is 19.3 Å². The van der Waals surface area contributed by atoms with E-state index in [9.17, 15) is 9.90 Å². The van der Waals surface area contributed by atoms with Crippen molar-refractivity contribution in [1.82, 2.24) is 0 Å². The van der Waals surface area contributed by atoms with E-state index < -0.39 is 0 Å². The molecule has 0 radical (unpaired) electrons.